The number of benzene rings is 3. The van der Waals surface area contributed by atoms with E-state index in [1.807, 2.05) is 68.4 Å². The number of nitrogens with zero attached hydrogens (tertiary/aromatic N) is 2. The third kappa shape index (κ3) is 8.16. The van der Waals surface area contributed by atoms with Gasteiger partial charge < -0.3 is 10.2 Å². The minimum atomic E-state index is -3.81. The number of nitrogens with one attached hydrogen (secondary N) is 1. The van der Waals surface area contributed by atoms with Crippen molar-refractivity contribution < 1.29 is 18.0 Å². The van der Waals surface area contributed by atoms with Crippen LogP contribution in [-0.2, 0) is 32.6 Å². The Balaban J connectivity index is 2.04. The molecule has 0 bridgehead atoms. The molecule has 0 saturated carbocycles. The van der Waals surface area contributed by atoms with Crippen LogP contribution in [0.4, 0.5) is 5.69 Å². The Kier molecular flexibility index (Phi) is 10.5. The third-order valence-electron chi connectivity index (χ3n) is 6.09. The lowest BCUT2D eigenvalue weighted by Gasteiger charge is -2.33. The van der Waals surface area contributed by atoms with Gasteiger partial charge in [-0.3, -0.25) is 13.9 Å². The number of sulfonamides is 1. The van der Waals surface area contributed by atoms with Gasteiger partial charge in [0.05, 0.1) is 11.9 Å². The van der Waals surface area contributed by atoms with Crippen LogP contribution in [0.1, 0.15) is 30.0 Å². The van der Waals surface area contributed by atoms with Crippen molar-refractivity contribution in [1.82, 2.24) is 10.2 Å². The molecule has 1 N–H and O–H groups in total. The van der Waals surface area contributed by atoms with Gasteiger partial charge >= 0.3 is 0 Å². The normalized spacial score (nSPS) is 12.0. The molecule has 202 valence electrons. The van der Waals surface area contributed by atoms with Crippen molar-refractivity contribution >= 4 is 43.5 Å². The highest BCUT2D eigenvalue weighted by Gasteiger charge is 2.33. The zero-order chi connectivity index (χ0) is 27.7. The first-order chi connectivity index (χ1) is 18.1. The summed E-state index contributed by atoms with van der Waals surface area (Å²) < 4.78 is 27.3. The number of aryl methyl sites for hydroxylation is 1. The fourth-order valence-electron chi connectivity index (χ4n) is 4.06. The summed E-state index contributed by atoms with van der Waals surface area (Å²) in [6.45, 7) is 4.13. The SMILES string of the molecule is CCCNC(=O)[C@H](Cc1ccccc1)N(Cc1ccc(C)cc1)C(=O)CN(c1ccccc1Br)S(C)(=O)=O. The van der Waals surface area contributed by atoms with Crippen molar-refractivity contribution in [2.75, 3.05) is 23.7 Å². The molecule has 0 aliphatic rings. The summed E-state index contributed by atoms with van der Waals surface area (Å²) in [5, 5.41) is 2.94. The van der Waals surface area contributed by atoms with Crippen LogP contribution in [0.2, 0.25) is 0 Å². The van der Waals surface area contributed by atoms with Crippen molar-refractivity contribution in [1.29, 1.82) is 0 Å². The highest BCUT2D eigenvalue weighted by molar-refractivity contribution is 9.10. The number of halogens is 1. The van der Waals surface area contributed by atoms with Crippen LogP contribution in [0, 0.1) is 6.92 Å². The quantitative estimate of drug-likeness (QED) is 0.327. The van der Waals surface area contributed by atoms with E-state index in [4.69, 9.17) is 0 Å². The highest BCUT2D eigenvalue weighted by Crippen LogP contribution is 2.28. The minimum absolute atomic E-state index is 0.156. The molecule has 0 spiro atoms. The average molecular weight is 601 g/mol. The van der Waals surface area contributed by atoms with Crippen LogP contribution in [0.25, 0.3) is 0 Å². The molecule has 3 rings (SSSR count). The molecule has 7 nitrogen and oxygen atoms in total. The molecular formula is C29H34BrN3O4S. The molecule has 3 aromatic rings. The first-order valence-corrected chi connectivity index (χ1v) is 15.1. The molecule has 3 aromatic carbocycles. The molecule has 38 heavy (non-hydrogen) atoms. The number of anilines is 1. The largest absolute Gasteiger partial charge is 0.354 e. The lowest BCUT2D eigenvalue weighted by Crippen LogP contribution is -2.53. The summed E-state index contributed by atoms with van der Waals surface area (Å²) in [5.41, 5.74) is 3.17. The number of hydrogen-bond donors (Lipinski definition) is 1. The Morgan fingerprint density at radius 3 is 2.16 bits per heavy atom. The molecule has 0 heterocycles. The Morgan fingerprint density at radius 2 is 1.55 bits per heavy atom. The Labute approximate surface area is 234 Å². The maximum Gasteiger partial charge on any atom is 0.244 e. The van der Waals surface area contributed by atoms with E-state index in [2.05, 4.69) is 21.2 Å². The molecule has 0 fully saturated rings. The lowest BCUT2D eigenvalue weighted by molar-refractivity contribution is -0.140. The summed E-state index contributed by atoms with van der Waals surface area (Å²) in [7, 11) is -3.81. The predicted molar refractivity (Wildman–Crippen MR) is 155 cm³/mol. The second kappa shape index (κ2) is 13.6. The van der Waals surface area contributed by atoms with Crippen LogP contribution in [0.5, 0.6) is 0 Å². The van der Waals surface area contributed by atoms with E-state index in [0.717, 1.165) is 33.7 Å². The van der Waals surface area contributed by atoms with E-state index in [0.29, 0.717) is 23.1 Å². The summed E-state index contributed by atoms with van der Waals surface area (Å²) >= 11 is 3.41. The molecule has 0 unspecified atom stereocenters. The number of rotatable bonds is 12. The summed E-state index contributed by atoms with van der Waals surface area (Å²) in [4.78, 5) is 28.9. The second-order valence-electron chi connectivity index (χ2n) is 9.22. The minimum Gasteiger partial charge on any atom is -0.354 e. The van der Waals surface area contributed by atoms with Crippen LogP contribution in [0.15, 0.2) is 83.3 Å². The Hall–Kier alpha value is -3.17. The van der Waals surface area contributed by atoms with Crippen LogP contribution >= 0.6 is 15.9 Å². The monoisotopic (exact) mass is 599 g/mol. The molecule has 0 radical (unpaired) electrons. The smallest absolute Gasteiger partial charge is 0.244 e. The van der Waals surface area contributed by atoms with Crippen molar-refractivity contribution in [2.24, 2.45) is 0 Å². The number of hydrogen-bond acceptors (Lipinski definition) is 4. The van der Waals surface area contributed by atoms with Gasteiger partial charge in [-0.2, -0.15) is 0 Å². The van der Waals surface area contributed by atoms with Crippen LogP contribution in [-0.4, -0.2) is 50.5 Å². The van der Waals surface area contributed by atoms with Gasteiger partial charge in [0, 0.05) is 24.0 Å². The summed E-state index contributed by atoms with van der Waals surface area (Å²) in [6.07, 6.45) is 2.11. The maximum absolute atomic E-state index is 14.0. The van der Waals surface area contributed by atoms with Crippen molar-refractivity contribution in [3.8, 4) is 0 Å². The van der Waals surface area contributed by atoms with E-state index in [-0.39, 0.29) is 12.5 Å². The van der Waals surface area contributed by atoms with Gasteiger partial charge in [0.2, 0.25) is 21.8 Å². The van der Waals surface area contributed by atoms with Gasteiger partial charge in [0.1, 0.15) is 12.6 Å². The van der Waals surface area contributed by atoms with Crippen LogP contribution in [0.3, 0.4) is 0 Å². The Bertz CT molecular complexity index is 1330. The lowest BCUT2D eigenvalue weighted by atomic mass is 10.0. The van der Waals surface area contributed by atoms with E-state index >= 15 is 0 Å². The molecule has 9 heteroatoms. The topological polar surface area (TPSA) is 86.8 Å². The van der Waals surface area contributed by atoms with Gasteiger partial charge in [-0.1, -0.05) is 79.2 Å². The summed E-state index contributed by atoms with van der Waals surface area (Å²) in [5.74, 6) is -0.748. The second-order valence-corrected chi connectivity index (χ2v) is 12.0. The first kappa shape index (κ1) is 29.4. The molecule has 0 aliphatic carbocycles. The third-order valence-corrected chi connectivity index (χ3v) is 7.89. The van der Waals surface area contributed by atoms with Gasteiger partial charge in [-0.25, -0.2) is 8.42 Å². The van der Waals surface area contributed by atoms with E-state index in [1.165, 1.54) is 4.90 Å². The van der Waals surface area contributed by atoms with E-state index in [1.54, 1.807) is 24.3 Å². The van der Waals surface area contributed by atoms with Gasteiger partial charge in [-0.05, 0) is 52.5 Å². The number of carbonyl (C=O) groups excluding carboxylic acids is 2. The maximum atomic E-state index is 14.0. The fourth-order valence-corrected chi connectivity index (χ4v) is 5.54. The van der Waals surface area contributed by atoms with E-state index in [9.17, 15) is 18.0 Å². The van der Waals surface area contributed by atoms with Crippen molar-refractivity contribution in [2.45, 2.75) is 39.3 Å². The molecule has 0 aromatic heterocycles. The summed E-state index contributed by atoms with van der Waals surface area (Å²) in [6, 6.07) is 23.2. The van der Waals surface area contributed by atoms with Gasteiger partial charge in [0.15, 0.2) is 0 Å². The molecule has 1 atom stereocenters. The molecule has 0 saturated heterocycles. The zero-order valence-corrected chi connectivity index (χ0v) is 24.3. The number of carbonyl (C=O) groups is 2. The standard InChI is InChI=1S/C29H34BrN3O4S/c1-4-18-31-29(35)27(19-23-10-6-5-7-11-23)32(20-24-16-14-22(2)15-17-24)28(34)21-33(38(3,36)37)26-13-9-8-12-25(26)30/h5-17,27H,4,18-21H2,1-3H3,(H,31,35)/t27-/m0/s1. The molecular weight excluding hydrogens is 566 g/mol. The number of amides is 2. The van der Waals surface area contributed by atoms with Gasteiger partial charge in [-0.15, -0.1) is 0 Å². The van der Waals surface area contributed by atoms with Gasteiger partial charge in [0.25, 0.3) is 0 Å². The zero-order valence-electron chi connectivity index (χ0n) is 21.9. The molecule has 2 amide bonds. The number of para-hydroxylation sites is 1. The van der Waals surface area contributed by atoms with Crippen LogP contribution < -0.4 is 9.62 Å². The predicted octanol–water partition coefficient (Wildman–Crippen LogP) is 4.69. The fraction of sp³-hybridized carbons (Fsp3) is 0.310. The highest BCUT2D eigenvalue weighted by atomic mass is 79.9. The average Bonchev–Trinajstić information content (AvgIpc) is 2.89. The van der Waals surface area contributed by atoms with Crippen molar-refractivity contribution in [3.05, 3.63) is 100 Å². The molecule has 0 aliphatic heterocycles. The van der Waals surface area contributed by atoms with E-state index < -0.39 is 28.5 Å². The van der Waals surface area contributed by atoms with Crippen molar-refractivity contribution in [3.63, 3.8) is 0 Å². The first-order valence-electron chi connectivity index (χ1n) is 12.5. The Morgan fingerprint density at radius 1 is 0.921 bits per heavy atom.